The number of nitrogens with zero attached hydrogens (tertiary/aromatic N) is 1. The molecule has 1 aliphatic heterocycles. The van der Waals surface area contributed by atoms with Crippen molar-refractivity contribution in [2.24, 2.45) is 23.2 Å². The summed E-state index contributed by atoms with van der Waals surface area (Å²) in [5.41, 5.74) is 7.04. The lowest BCUT2D eigenvalue weighted by Gasteiger charge is -2.58. The van der Waals surface area contributed by atoms with Gasteiger partial charge in [-0.05, 0) is 79.4 Å². The van der Waals surface area contributed by atoms with Gasteiger partial charge in [0, 0.05) is 30.8 Å². The molecule has 0 aromatic heterocycles. The Morgan fingerprint density at radius 2 is 1.88 bits per heavy atom. The van der Waals surface area contributed by atoms with Crippen molar-refractivity contribution in [3.63, 3.8) is 0 Å². The van der Waals surface area contributed by atoms with Crippen molar-refractivity contribution in [3.05, 3.63) is 34.6 Å². The zero-order chi connectivity index (χ0) is 17.9. The maximum absolute atomic E-state index is 14.6. The van der Waals surface area contributed by atoms with Crippen LogP contribution in [0.15, 0.2) is 12.1 Å². The normalized spacial score (nSPS) is 35.4. The largest absolute Gasteiger partial charge is 0.288 e. The fraction of sp³-hybridized carbons (Fsp3) is 0.650. The quantitative estimate of drug-likeness (QED) is 0.573. The number of hydrogen-bond acceptors (Lipinski definition) is 4. The lowest BCUT2D eigenvalue weighted by Crippen LogP contribution is -2.54. The molecule has 4 fully saturated rings. The summed E-state index contributed by atoms with van der Waals surface area (Å²) in [7, 11) is 0. The van der Waals surface area contributed by atoms with Crippen LogP contribution in [0.1, 0.15) is 60.0 Å². The predicted octanol–water partition coefficient (Wildman–Crippen LogP) is 2.98. The molecule has 0 unspecified atom stereocenters. The van der Waals surface area contributed by atoms with Crippen LogP contribution in [0.2, 0.25) is 0 Å². The van der Waals surface area contributed by atoms with Crippen LogP contribution < -0.4 is 10.9 Å². The Morgan fingerprint density at radius 1 is 1.23 bits per heavy atom. The van der Waals surface area contributed by atoms with Crippen LogP contribution in [0.25, 0.3) is 0 Å². The van der Waals surface area contributed by atoms with Gasteiger partial charge in [0.1, 0.15) is 5.82 Å². The highest BCUT2D eigenvalue weighted by Crippen LogP contribution is 2.60. The summed E-state index contributed by atoms with van der Waals surface area (Å²) in [5, 5.41) is 11.0. The molecule has 4 aliphatic carbocycles. The van der Waals surface area contributed by atoms with Crippen molar-refractivity contribution in [3.8, 4) is 0 Å². The van der Waals surface area contributed by atoms with Gasteiger partial charge in [-0.3, -0.25) is 15.4 Å². The van der Waals surface area contributed by atoms with Gasteiger partial charge in [0.25, 0.3) is 5.91 Å². The van der Waals surface area contributed by atoms with Crippen LogP contribution in [-0.4, -0.2) is 22.7 Å². The Kier molecular flexibility index (Phi) is 3.85. The summed E-state index contributed by atoms with van der Waals surface area (Å²) < 4.78 is 14.6. The molecule has 6 rings (SSSR count). The maximum Gasteiger partial charge on any atom is 0.274 e. The molecule has 1 amide bonds. The molecule has 1 aromatic rings. The molecule has 5 nitrogen and oxygen atoms in total. The average Bonchev–Trinajstić information content (AvgIpc) is 2.60. The minimum Gasteiger partial charge on any atom is -0.288 e. The molecular formula is C20H26FN3O2. The molecule has 0 spiro atoms. The van der Waals surface area contributed by atoms with Crippen LogP contribution in [0.5, 0.6) is 0 Å². The number of fused-ring (bicyclic) bond motifs is 1. The smallest absolute Gasteiger partial charge is 0.274 e. The van der Waals surface area contributed by atoms with E-state index in [-0.39, 0.29) is 11.4 Å². The minimum atomic E-state index is -0.678. The highest BCUT2D eigenvalue weighted by Gasteiger charge is 2.51. The number of rotatable bonds is 3. The first-order valence-corrected chi connectivity index (χ1v) is 9.78. The second-order valence-electron chi connectivity index (χ2n) is 9.15. The van der Waals surface area contributed by atoms with Gasteiger partial charge in [-0.25, -0.2) is 14.9 Å². The number of amides is 1. The van der Waals surface area contributed by atoms with Crippen molar-refractivity contribution >= 4 is 5.91 Å². The van der Waals surface area contributed by atoms with Crippen molar-refractivity contribution in [2.75, 3.05) is 6.54 Å². The molecular weight excluding hydrogens is 333 g/mol. The topological polar surface area (TPSA) is 64.6 Å². The Bertz CT molecular complexity index is 716. The van der Waals surface area contributed by atoms with Crippen LogP contribution in [-0.2, 0) is 13.1 Å². The highest BCUT2D eigenvalue weighted by molar-refractivity contribution is 5.93. The first-order chi connectivity index (χ1) is 12.5. The molecule has 0 saturated heterocycles. The minimum absolute atomic E-state index is 0.153. The number of hydroxylamine groups is 1. The van der Waals surface area contributed by atoms with Gasteiger partial charge in [0.2, 0.25) is 0 Å². The van der Waals surface area contributed by atoms with E-state index < -0.39 is 5.91 Å². The lowest BCUT2D eigenvalue weighted by molar-refractivity contribution is -0.0796. The molecule has 3 N–H and O–H groups in total. The highest BCUT2D eigenvalue weighted by atomic mass is 19.1. The zero-order valence-corrected chi connectivity index (χ0v) is 14.9. The Balaban J connectivity index is 1.34. The summed E-state index contributed by atoms with van der Waals surface area (Å²) >= 11 is 0. The molecule has 6 heteroatoms. The van der Waals surface area contributed by atoms with E-state index in [2.05, 4.69) is 10.4 Å². The summed E-state index contributed by atoms with van der Waals surface area (Å²) in [5.74, 6) is 1.69. The fourth-order valence-corrected chi connectivity index (χ4v) is 6.67. The van der Waals surface area contributed by atoms with Gasteiger partial charge < -0.3 is 0 Å². The summed E-state index contributed by atoms with van der Waals surface area (Å²) in [6, 6.07) is 2.89. The second kappa shape index (κ2) is 6.01. The van der Waals surface area contributed by atoms with Crippen LogP contribution in [0.4, 0.5) is 4.39 Å². The third kappa shape index (κ3) is 2.75. The second-order valence-corrected chi connectivity index (χ2v) is 9.15. The molecule has 1 heterocycles. The molecule has 5 aliphatic rings. The number of hydrazine groups is 1. The van der Waals surface area contributed by atoms with Gasteiger partial charge in [-0.1, -0.05) is 0 Å². The van der Waals surface area contributed by atoms with Gasteiger partial charge in [0.05, 0.1) is 0 Å². The number of carbonyl (C=O) groups excluding carboxylic acids is 1. The van der Waals surface area contributed by atoms with Crippen molar-refractivity contribution < 1.29 is 14.4 Å². The Hall–Kier alpha value is -1.50. The zero-order valence-electron chi connectivity index (χ0n) is 14.9. The van der Waals surface area contributed by atoms with Crippen LogP contribution in [0, 0.1) is 29.0 Å². The standard InChI is InChI=1S/C20H26FN3O2/c21-18-5-15(19(25)23-26)4-16-9-22-24(10-17(16)18)11-20-6-12-1-13(7-20)3-14(2-12)8-20/h4-5,12-14,22,26H,1-3,6-11H2,(H,23,25). The molecule has 0 atom stereocenters. The van der Waals surface area contributed by atoms with E-state index in [0.717, 1.165) is 29.9 Å². The van der Waals surface area contributed by atoms with E-state index in [1.807, 2.05) is 0 Å². The lowest BCUT2D eigenvalue weighted by atomic mass is 9.49. The first kappa shape index (κ1) is 16.7. The molecule has 0 radical (unpaired) electrons. The monoisotopic (exact) mass is 359 g/mol. The van der Waals surface area contributed by atoms with Crippen LogP contribution >= 0.6 is 0 Å². The molecule has 140 valence electrons. The van der Waals surface area contributed by atoms with Crippen molar-refractivity contribution in [2.45, 2.75) is 51.6 Å². The van der Waals surface area contributed by atoms with Crippen LogP contribution in [0.3, 0.4) is 0 Å². The fourth-order valence-electron chi connectivity index (χ4n) is 6.67. The third-order valence-corrected chi connectivity index (χ3v) is 7.19. The van der Waals surface area contributed by atoms with Crippen molar-refractivity contribution in [1.29, 1.82) is 0 Å². The molecule has 4 saturated carbocycles. The number of benzene rings is 1. The van der Waals surface area contributed by atoms with Crippen molar-refractivity contribution in [1.82, 2.24) is 15.9 Å². The van der Waals surface area contributed by atoms with Gasteiger partial charge in [0.15, 0.2) is 0 Å². The molecule has 26 heavy (non-hydrogen) atoms. The molecule has 1 aromatic carbocycles. The number of carbonyl (C=O) groups is 1. The predicted molar refractivity (Wildman–Crippen MR) is 93.5 cm³/mol. The van der Waals surface area contributed by atoms with Gasteiger partial charge in [-0.15, -0.1) is 0 Å². The Morgan fingerprint density at radius 3 is 2.50 bits per heavy atom. The van der Waals surface area contributed by atoms with E-state index in [0.29, 0.717) is 24.1 Å². The van der Waals surface area contributed by atoms with Gasteiger partial charge >= 0.3 is 0 Å². The third-order valence-electron chi connectivity index (χ3n) is 7.19. The summed E-state index contributed by atoms with van der Waals surface area (Å²) in [6.07, 6.45) is 8.30. The number of hydrogen-bond donors (Lipinski definition) is 3. The number of nitrogens with one attached hydrogen (secondary N) is 2. The maximum atomic E-state index is 14.6. The summed E-state index contributed by atoms with van der Waals surface area (Å²) in [6.45, 7) is 2.05. The molecule has 4 bridgehead atoms. The Labute approximate surface area is 152 Å². The van der Waals surface area contributed by atoms with E-state index in [9.17, 15) is 9.18 Å². The number of halogens is 1. The summed E-state index contributed by atoms with van der Waals surface area (Å²) in [4.78, 5) is 11.6. The van der Waals surface area contributed by atoms with E-state index in [1.165, 1.54) is 44.6 Å². The van der Waals surface area contributed by atoms with Gasteiger partial charge in [-0.2, -0.15) is 0 Å². The first-order valence-electron chi connectivity index (χ1n) is 9.78. The SMILES string of the molecule is O=C(NO)c1cc(F)c2c(c1)CNN(CC13CC4CC(CC(C4)C1)C3)C2. The van der Waals surface area contributed by atoms with E-state index in [1.54, 1.807) is 11.5 Å². The van der Waals surface area contributed by atoms with E-state index >= 15 is 0 Å². The van der Waals surface area contributed by atoms with E-state index in [4.69, 9.17) is 5.21 Å². The average molecular weight is 359 g/mol.